The molecule has 0 unspecified atom stereocenters. The molecule has 0 saturated carbocycles. The number of ether oxygens (including phenoxy) is 2. The molecule has 112 valence electrons. The second-order valence-electron chi connectivity index (χ2n) is 4.44. The van der Waals surface area contributed by atoms with E-state index >= 15 is 0 Å². The quantitative estimate of drug-likeness (QED) is 0.588. The number of rotatable bonds is 6. The molecule has 0 fully saturated rings. The molecule has 1 aromatic carbocycles. The van der Waals surface area contributed by atoms with Crippen LogP contribution in [0.25, 0.3) is 0 Å². The van der Waals surface area contributed by atoms with Gasteiger partial charge in [0.15, 0.2) is 5.69 Å². The SMILES string of the molecule is COCCOC(=O)c1nnn(Cc2cccc(Br)c2)c1C. The molecule has 0 amide bonds. The third-order valence-corrected chi connectivity index (χ3v) is 3.41. The van der Waals surface area contributed by atoms with E-state index in [0.29, 0.717) is 18.8 Å². The smallest absolute Gasteiger partial charge is 0.360 e. The van der Waals surface area contributed by atoms with Crippen LogP contribution in [0.1, 0.15) is 21.7 Å². The van der Waals surface area contributed by atoms with E-state index in [0.717, 1.165) is 10.0 Å². The number of carbonyl (C=O) groups excluding carboxylic acids is 1. The monoisotopic (exact) mass is 353 g/mol. The van der Waals surface area contributed by atoms with E-state index in [4.69, 9.17) is 9.47 Å². The van der Waals surface area contributed by atoms with Gasteiger partial charge in [-0.3, -0.25) is 0 Å². The summed E-state index contributed by atoms with van der Waals surface area (Å²) in [5.74, 6) is -0.481. The van der Waals surface area contributed by atoms with Gasteiger partial charge in [0.2, 0.25) is 0 Å². The number of halogens is 1. The molecular weight excluding hydrogens is 338 g/mol. The van der Waals surface area contributed by atoms with Crippen molar-refractivity contribution in [1.82, 2.24) is 15.0 Å². The first-order valence-corrected chi connectivity index (χ1v) is 7.21. The number of nitrogens with zero attached hydrogens (tertiary/aromatic N) is 3. The first-order chi connectivity index (χ1) is 10.1. The fourth-order valence-corrected chi connectivity index (χ4v) is 2.24. The minimum absolute atomic E-state index is 0.202. The van der Waals surface area contributed by atoms with Gasteiger partial charge in [-0.25, -0.2) is 9.48 Å². The van der Waals surface area contributed by atoms with Gasteiger partial charge in [0.05, 0.1) is 18.8 Å². The molecule has 0 saturated heterocycles. The molecular formula is C14H16BrN3O3. The van der Waals surface area contributed by atoms with Gasteiger partial charge in [-0.15, -0.1) is 5.10 Å². The Balaban J connectivity index is 2.08. The Morgan fingerprint density at radius 3 is 2.90 bits per heavy atom. The van der Waals surface area contributed by atoms with Crippen LogP contribution >= 0.6 is 15.9 Å². The van der Waals surface area contributed by atoms with Crippen molar-refractivity contribution in [2.75, 3.05) is 20.3 Å². The summed E-state index contributed by atoms with van der Waals surface area (Å²) in [4.78, 5) is 11.9. The summed E-state index contributed by atoms with van der Waals surface area (Å²) in [7, 11) is 1.55. The molecule has 0 radical (unpaired) electrons. The fraction of sp³-hybridized carbons (Fsp3) is 0.357. The zero-order valence-corrected chi connectivity index (χ0v) is 13.5. The van der Waals surface area contributed by atoms with Crippen LogP contribution in [0, 0.1) is 6.92 Å². The van der Waals surface area contributed by atoms with E-state index in [1.54, 1.807) is 18.7 Å². The summed E-state index contributed by atoms with van der Waals surface area (Å²) in [6.07, 6.45) is 0. The third kappa shape index (κ3) is 4.12. The Hall–Kier alpha value is -1.73. The highest BCUT2D eigenvalue weighted by Gasteiger charge is 2.17. The first kappa shape index (κ1) is 15.7. The second-order valence-corrected chi connectivity index (χ2v) is 5.36. The predicted octanol–water partition coefficient (Wildman–Crippen LogP) is 2.20. The molecule has 0 aliphatic heterocycles. The van der Waals surface area contributed by atoms with Crippen LogP contribution in [0.5, 0.6) is 0 Å². The van der Waals surface area contributed by atoms with Crippen LogP contribution in [-0.4, -0.2) is 41.3 Å². The lowest BCUT2D eigenvalue weighted by atomic mass is 10.2. The molecule has 6 nitrogen and oxygen atoms in total. The minimum atomic E-state index is -0.481. The van der Waals surface area contributed by atoms with Crippen LogP contribution in [-0.2, 0) is 16.0 Å². The van der Waals surface area contributed by atoms with Crippen molar-refractivity contribution in [1.29, 1.82) is 0 Å². The number of aromatic nitrogens is 3. The standard InChI is InChI=1S/C14H16BrN3O3/c1-10-13(14(19)21-7-6-20-2)16-17-18(10)9-11-4-3-5-12(15)8-11/h3-5,8H,6-7,9H2,1-2H3. The number of methoxy groups -OCH3 is 1. The molecule has 7 heteroatoms. The van der Waals surface area contributed by atoms with Crippen molar-refractivity contribution >= 4 is 21.9 Å². The lowest BCUT2D eigenvalue weighted by Crippen LogP contribution is -2.12. The minimum Gasteiger partial charge on any atom is -0.458 e. The number of esters is 1. The Bertz CT molecular complexity index is 628. The van der Waals surface area contributed by atoms with E-state index < -0.39 is 5.97 Å². The summed E-state index contributed by atoms with van der Waals surface area (Å²) >= 11 is 3.43. The van der Waals surface area contributed by atoms with E-state index in [1.165, 1.54) is 0 Å². The van der Waals surface area contributed by atoms with Gasteiger partial charge in [0.25, 0.3) is 0 Å². The summed E-state index contributed by atoms with van der Waals surface area (Å²) in [5, 5.41) is 7.91. The molecule has 2 aromatic rings. The number of benzene rings is 1. The lowest BCUT2D eigenvalue weighted by molar-refractivity contribution is 0.0380. The molecule has 0 bridgehead atoms. The highest BCUT2D eigenvalue weighted by molar-refractivity contribution is 9.10. The van der Waals surface area contributed by atoms with Gasteiger partial charge < -0.3 is 9.47 Å². The normalized spacial score (nSPS) is 10.6. The molecule has 0 atom stereocenters. The maximum Gasteiger partial charge on any atom is 0.360 e. The van der Waals surface area contributed by atoms with E-state index in [9.17, 15) is 4.79 Å². The van der Waals surface area contributed by atoms with Crippen molar-refractivity contribution in [3.8, 4) is 0 Å². The summed E-state index contributed by atoms with van der Waals surface area (Å²) in [6, 6.07) is 7.89. The van der Waals surface area contributed by atoms with Crippen LogP contribution < -0.4 is 0 Å². The molecule has 0 N–H and O–H groups in total. The van der Waals surface area contributed by atoms with E-state index in [2.05, 4.69) is 26.2 Å². The summed E-state index contributed by atoms with van der Waals surface area (Å²) in [6.45, 7) is 2.90. The highest BCUT2D eigenvalue weighted by atomic mass is 79.9. The average molecular weight is 354 g/mol. The molecule has 1 aromatic heterocycles. The average Bonchev–Trinajstić information content (AvgIpc) is 2.80. The number of hydrogen-bond acceptors (Lipinski definition) is 5. The Labute approximate surface area is 131 Å². The van der Waals surface area contributed by atoms with Crippen molar-refractivity contribution in [2.24, 2.45) is 0 Å². The van der Waals surface area contributed by atoms with Gasteiger partial charge in [0.1, 0.15) is 6.61 Å². The molecule has 1 heterocycles. The maximum atomic E-state index is 11.9. The van der Waals surface area contributed by atoms with Gasteiger partial charge in [-0.2, -0.15) is 0 Å². The van der Waals surface area contributed by atoms with Crippen molar-refractivity contribution < 1.29 is 14.3 Å². The topological polar surface area (TPSA) is 66.2 Å². The van der Waals surface area contributed by atoms with E-state index in [-0.39, 0.29) is 12.3 Å². The fourth-order valence-electron chi connectivity index (χ4n) is 1.79. The van der Waals surface area contributed by atoms with Crippen molar-refractivity contribution in [3.05, 3.63) is 45.7 Å². The van der Waals surface area contributed by atoms with Crippen LogP contribution in [0.2, 0.25) is 0 Å². The van der Waals surface area contributed by atoms with Crippen molar-refractivity contribution in [2.45, 2.75) is 13.5 Å². The largest absolute Gasteiger partial charge is 0.458 e. The maximum absolute atomic E-state index is 11.9. The third-order valence-electron chi connectivity index (χ3n) is 2.92. The summed E-state index contributed by atoms with van der Waals surface area (Å²) in [5.41, 5.74) is 1.98. The van der Waals surface area contributed by atoms with Crippen LogP contribution in [0.4, 0.5) is 0 Å². The molecule has 0 aliphatic rings. The predicted molar refractivity (Wildman–Crippen MR) is 80.2 cm³/mol. The Morgan fingerprint density at radius 1 is 1.38 bits per heavy atom. The zero-order chi connectivity index (χ0) is 15.2. The van der Waals surface area contributed by atoms with Gasteiger partial charge in [-0.05, 0) is 24.6 Å². The first-order valence-electron chi connectivity index (χ1n) is 6.42. The van der Waals surface area contributed by atoms with Gasteiger partial charge in [0, 0.05) is 11.6 Å². The highest BCUT2D eigenvalue weighted by Crippen LogP contribution is 2.14. The van der Waals surface area contributed by atoms with E-state index in [1.807, 2.05) is 24.3 Å². The summed E-state index contributed by atoms with van der Waals surface area (Å²) < 4.78 is 12.5. The lowest BCUT2D eigenvalue weighted by Gasteiger charge is -2.05. The van der Waals surface area contributed by atoms with Crippen LogP contribution in [0.15, 0.2) is 28.7 Å². The number of hydrogen-bond donors (Lipinski definition) is 0. The molecule has 2 rings (SSSR count). The molecule has 0 spiro atoms. The van der Waals surface area contributed by atoms with Gasteiger partial charge >= 0.3 is 5.97 Å². The second kappa shape index (κ2) is 7.33. The molecule has 21 heavy (non-hydrogen) atoms. The molecule has 0 aliphatic carbocycles. The zero-order valence-electron chi connectivity index (χ0n) is 11.9. The Morgan fingerprint density at radius 2 is 2.19 bits per heavy atom. The number of carbonyl (C=O) groups is 1. The Kier molecular flexibility index (Phi) is 5.46. The van der Waals surface area contributed by atoms with Crippen molar-refractivity contribution in [3.63, 3.8) is 0 Å². The van der Waals surface area contributed by atoms with Gasteiger partial charge in [-0.1, -0.05) is 33.3 Å². The van der Waals surface area contributed by atoms with Crippen LogP contribution in [0.3, 0.4) is 0 Å².